The third-order valence-corrected chi connectivity index (χ3v) is 3.80. The molecule has 1 unspecified atom stereocenters. The van der Waals surface area contributed by atoms with Gasteiger partial charge in [0, 0.05) is 18.5 Å². The van der Waals surface area contributed by atoms with Crippen LogP contribution in [-0.2, 0) is 20.7 Å². The molecule has 2 heterocycles. The minimum Gasteiger partial charge on any atom is -0.466 e. The molecule has 0 bridgehead atoms. The Morgan fingerprint density at radius 3 is 3.32 bits per heavy atom. The highest BCUT2D eigenvalue weighted by atomic mass is 32.1. The van der Waals surface area contributed by atoms with Crippen molar-refractivity contribution in [3.05, 3.63) is 11.1 Å². The second kappa shape index (κ2) is 7.45. The Kier molecular flexibility index (Phi) is 5.60. The Hall–Kier alpha value is -1.14. The van der Waals surface area contributed by atoms with Gasteiger partial charge in [0.15, 0.2) is 5.13 Å². The average molecular weight is 284 g/mol. The van der Waals surface area contributed by atoms with Gasteiger partial charge in [-0.25, -0.2) is 4.98 Å². The summed E-state index contributed by atoms with van der Waals surface area (Å²) in [6.07, 6.45) is 3.98. The van der Waals surface area contributed by atoms with E-state index in [0.29, 0.717) is 12.7 Å². The fourth-order valence-corrected chi connectivity index (χ4v) is 2.78. The van der Waals surface area contributed by atoms with Gasteiger partial charge < -0.3 is 14.8 Å². The largest absolute Gasteiger partial charge is 0.466 e. The van der Waals surface area contributed by atoms with Gasteiger partial charge >= 0.3 is 5.97 Å². The molecule has 1 aromatic rings. The monoisotopic (exact) mass is 284 g/mol. The number of hydrogen-bond donors (Lipinski definition) is 1. The van der Waals surface area contributed by atoms with E-state index in [-0.39, 0.29) is 12.4 Å². The quantitative estimate of drug-likeness (QED) is 0.778. The zero-order valence-electron chi connectivity index (χ0n) is 11.2. The van der Waals surface area contributed by atoms with Crippen LogP contribution in [0.2, 0.25) is 0 Å². The van der Waals surface area contributed by atoms with E-state index in [1.807, 2.05) is 5.38 Å². The molecule has 2 rings (SSSR count). The Labute approximate surface area is 117 Å². The molecule has 1 fully saturated rings. The van der Waals surface area contributed by atoms with Crippen LogP contribution in [0.4, 0.5) is 5.13 Å². The summed E-state index contributed by atoms with van der Waals surface area (Å²) in [4.78, 5) is 15.7. The number of carbonyl (C=O) groups excluding carboxylic acids is 1. The maximum atomic E-state index is 11.3. The molecule has 6 heteroatoms. The van der Waals surface area contributed by atoms with Crippen LogP contribution in [0.3, 0.4) is 0 Å². The molecule has 1 atom stereocenters. The third kappa shape index (κ3) is 4.80. The average Bonchev–Trinajstić information content (AvgIpc) is 3.01. The maximum Gasteiger partial charge on any atom is 0.311 e. The van der Waals surface area contributed by atoms with Crippen molar-refractivity contribution in [1.29, 1.82) is 0 Å². The Bertz CT molecular complexity index is 402. The summed E-state index contributed by atoms with van der Waals surface area (Å²) in [5.74, 6) is -0.223. The second-order valence-corrected chi connectivity index (χ2v) is 5.33. The predicted molar refractivity (Wildman–Crippen MR) is 74.5 cm³/mol. The molecule has 1 aromatic heterocycles. The van der Waals surface area contributed by atoms with Crippen LogP contribution >= 0.6 is 11.3 Å². The van der Waals surface area contributed by atoms with Crippen LogP contribution < -0.4 is 5.32 Å². The molecular formula is C13H20N2O3S. The van der Waals surface area contributed by atoms with E-state index >= 15 is 0 Å². The molecule has 106 valence electrons. The van der Waals surface area contributed by atoms with Gasteiger partial charge in [-0.15, -0.1) is 11.3 Å². The van der Waals surface area contributed by atoms with Crippen LogP contribution in [0.5, 0.6) is 0 Å². The number of hydrogen-bond acceptors (Lipinski definition) is 6. The van der Waals surface area contributed by atoms with E-state index in [1.54, 1.807) is 6.92 Å². The molecule has 0 radical (unpaired) electrons. The molecule has 0 spiro atoms. The zero-order chi connectivity index (χ0) is 13.5. The van der Waals surface area contributed by atoms with Gasteiger partial charge in [0.05, 0.1) is 24.8 Å². The SMILES string of the molecule is CCOC(=O)Cc1csc(NCCC2CCCO2)n1. The van der Waals surface area contributed by atoms with Crippen LogP contribution in [0.25, 0.3) is 0 Å². The first-order valence-electron chi connectivity index (χ1n) is 6.73. The molecule has 1 saturated heterocycles. The molecule has 0 amide bonds. The summed E-state index contributed by atoms with van der Waals surface area (Å²) in [6.45, 7) is 3.97. The molecule has 1 aliphatic rings. The van der Waals surface area contributed by atoms with Crippen LogP contribution in [-0.4, -0.2) is 36.8 Å². The first kappa shape index (κ1) is 14.3. The van der Waals surface area contributed by atoms with Gasteiger partial charge in [-0.1, -0.05) is 0 Å². The highest BCUT2D eigenvalue weighted by Gasteiger charge is 2.15. The second-order valence-electron chi connectivity index (χ2n) is 4.48. The smallest absolute Gasteiger partial charge is 0.311 e. The third-order valence-electron chi connectivity index (χ3n) is 2.95. The standard InChI is InChI=1S/C13H20N2O3S/c1-2-17-12(16)8-10-9-19-13(15-10)14-6-5-11-4-3-7-18-11/h9,11H,2-8H2,1H3,(H,14,15). The van der Waals surface area contributed by atoms with Gasteiger partial charge in [-0.05, 0) is 26.2 Å². The number of aromatic nitrogens is 1. The zero-order valence-corrected chi connectivity index (χ0v) is 12.0. The molecule has 5 nitrogen and oxygen atoms in total. The van der Waals surface area contributed by atoms with Gasteiger partial charge in [0.1, 0.15) is 0 Å². The number of ether oxygens (including phenoxy) is 2. The fraction of sp³-hybridized carbons (Fsp3) is 0.692. The van der Waals surface area contributed by atoms with Crippen molar-refractivity contribution in [3.8, 4) is 0 Å². The fourth-order valence-electron chi connectivity index (χ4n) is 2.04. The molecule has 0 aromatic carbocycles. The molecule has 0 aliphatic carbocycles. The Balaban J connectivity index is 1.69. The van der Waals surface area contributed by atoms with E-state index < -0.39 is 0 Å². The van der Waals surface area contributed by atoms with E-state index in [2.05, 4.69) is 10.3 Å². The van der Waals surface area contributed by atoms with Gasteiger partial charge in [-0.2, -0.15) is 0 Å². The number of nitrogens with one attached hydrogen (secondary N) is 1. The van der Waals surface area contributed by atoms with E-state index in [1.165, 1.54) is 17.8 Å². The normalized spacial score (nSPS) is 18.5. The molecule has 1 aliphatic heterocycles. The van der Waals surface area contributed by atoms with Gasteiger partial charge in [0.2, 0.25) is 0 Å². The first-order chi connectivity index (χ1) is 9.28. The van der Waals surface area contributed by atoms with Crippen LogP contribution in [0.1, 0.15) is 31.9 Å². The highest BCUT2D eigenvalue weighted by molar-refractivity contribution is 7.13. The van der Waals surface area contributed by atoms with E-state index in [4.69, 9.17) is 9.47 Å². The Morgan fingerprint density at radius 2 is 2.58 bits per heavy atom. The number of thiazole rings is 1. The summed E-state index contributed by atoms with van der Waals surface area (Å²) in [5.41, 5.74) is 0.767. The van der Waals surface area contributed by atoms with Crippen molar-refractivity contribution in [2.75, 3.05) is 25.1 Å². The van der Waals surface area contributed by atoms with Crippen molar-refractivity contribution in [1.82, 2.24) is 4.98 Å². The first-order valence-corrected chi connectivity index (χ1v) is 7.61. The molecule has 19 heavy (non-hydrogen) atoms. The lowest BCUT2D eigenvalue weighted by Gasteiger charge is -2.08. The lowest BCUT2D eigenvalue weighted by molar-refractivity contribution is -0.142. The number of esters is 1. The summed E-state index contributed by atoms with van der Waals surface area (Å²) in [6, 6.07) is 0. The lowest BCUT2D eigenvalue weighted by Crippen LogP contribution is -2.12. The predicted octanol–water partition coefficient (Wildman–Crippen LogP) is 2.23. The molecule has 0 saturated carbocycles. The van der Waals surface area contributed by atoms with Crippen molar-refractivity contribution in [2.45, 2.75) is 38.7 Å². The molecule has 1 N–H and O–H groups in total. The highest BCUT2D eigenvalue weighted by Crippen LogP contribution is 2.18. The lowest BCUT2D eigenvalue weighted by atomic mass is 10.2. The van der Waals surface area contributed by atoms with Gasteiger partial charge in [-0.3, -0.25) is 4.79 Å². The van der Waals surface area contributed by atoms with Crippen LogP contribution in [0, 0.1) is 0 Å². The number of nitrogens with zero attached hydrogens (tertiary/aromatic N) is 1. The topological polar surface area (TPSA) is 60.5 Å². The summed E-state index contributed by atoms with van der Waals surface area (Å²) in [7, 11) is 0. The van der Waals surface area contributed by atoms with Crippen LogP contribution in [0.15, 0.2) is 5.38 Å². The van der Waals surface area contributed by atoms with Crippen molar-refractivity contribution in [2.24, 2.45) is 0 Å². The minimum absolute atomic E-state index is 0.223. The van der Waals surface area contributed by atoms with Crippen molar-refractivity contribution >= 4 is 22.4 Å². The number of rotatable bonds is 7. The number of anilines is 1. The molecular weight excluding hydrogens is 264 g/mol. The minimum atomic E-state index is -0.223. The van der Waals surface area contributed by atoms with E-state index in [0.717, 1.165) is 36.8 Å². The van der Waals surface area contributed by atoms with Crippen molar-refractivity contribution < 1.29 is 14.3 Å². The Morgan fingerprint density at radius 1 is 1.68 bits per heavy atom. The van der Waals surface area contributed by atoms with Gasteiger partial charge in [0.25, 0.3) is 0 Å². The van der Waals surface area contributed by atoms with Crippen molar-refractivity contribution in [3.63, 3.8) is 0 Å². The summed E-state index contributed by atoms with van der Waals surface area (Å²) >= 11 is 1.52. The maximum absolute atomic E-state index is 11.3. The summed E-state index contributed by atoms with van der Waals surface area (Å²) in [5, 5.41) is 6.03. The number of carbonyl (C=O) groups is 1. The van der Waals surface area contributed by atoms with E-state index in [9.17, 15) is 4.79 Å². The summed E-state index contributed by atoms with van der Waals surface area (Å²) < 4.78 is 10.4.